The number of amides is 1. The highest BCUT2D eigenvalue weighted by Gasteiger charge is 2.20. The van der Waals surface area contributed by atoms with Gasteiger partial charge in [-0.1, -0.05) is 0 Å². The number of aromatic nitrogens is 2. The minimum atomic E-state index is -0.358. The zero-order valence-corrected chi connectivity index (χ0v) is 11.8. The van der Waals surface area contributed by atoms with Gasteiger partial charge in [0, 0.05) is 4.88 Å². The van der Waals surface area contributed by atoms with Gasteiger partial charge in [0.15, 0.2) is 0 Å². The van der Waals surface area contributed by atoms with Crippen molar-refractivity contribution in [1.82, 2.24) is 9.97 Å². The number of carbonyl (C=O) groups excluding carboxylic acids is 1. The fourth-order valence-corrected chi connectivity index (χ4v) is 4.28. The van der Waals surface area contributed by atoms with Crippen LogP contribution >= 0.6 is 23.1 Å². The van der Waals surface area contributed by atoms with Crippen molar-refractivity contribution in [3.05, 3.63) is 26.6 Å². The van der Waals surface area contributed by atoms with Gasteiger partial charge >= 0.3 is 0 Å². The minimum absolute atomic E-state index is 0.0564. The molecule has 19 heavy (non-hydrogen) atoms. The van der Waals surface area contributed by atoms with E-state index in [4.69, 9.17) is 5.73 Å². The van der Waals surface area contributed by atoms with E-state index in [1.807, 2.05) is 0 Å². The zero-order valence-electron chi connectivity index (χ0n) is 10.2. The highest BCUT2D eigenvalue weighted by molar-refractivity contribution is 7.99. The van der Waals surface area contributed by atoms with Crippen LogP contribution in [0.1, 0.15) is 22.7 Å². The van der Waals surface area contributed by atoms with E-state index in [2.05, 4.69) is 9.97 Å². The highest BCUT2D eigenvalue weighted by Crippen LogP contribution is 2.34. The summed E-state index contributed by atoms with van der Waals surface area (Å²) in [6.07, 6.45) is 3.17. The molecule has 1 aliphatic carbocycles. The second-order valence-corrected chi connectivity index (χ2v) is 6.58. The van der Waals surface area contributed by atoms with E-state index in [0.717, 1.165) is 29.5 Å². The summed E-state index contributed by atoms with van der Waals surface area (Å²) in [6, 6.07) is 0. The number of H-pyrrole nitrogens is 1. The summed E-state index contributed by atoms with van der Waals surface area (Å²) < 4.78 is 0. The standard InChI is InChI=1S/C12H13N3O2S2/c13-8(16)4-18-5-9-14-11(17)10-6-2-1-3-7(6)19-12(10)15-9/h1-5H2,(H2,13,16)(H,14,15,17). The van der Waals surface area contributed by atoms with Crippen molar-refractivity contribution in [2.24, 2.45) is 5.73 Å². The van der Waals surface area contributed by atoms with E-state index in [1.54, 1.807) is 11.3 Å². The maximum Gasteiger partial charge on any atom is 0.259 e. The van der Waals surface area contributed by atoms with Crippen molar-refractivity contribution in [2.45, 2.75) is 25.0 Å². The number of aromatic amines is 1. The molecule has 2 aromatic rings. The second-order valence-electron chi connectivity index (χ2n) is 4.51. The lowest BCUT2D eigenvalue weighted by molar-refractivity contribution is -0.115. The van der Waals surface area contributed by atoms with Crippen LogP contribution < -0.4 is 11.3 Å². The molecule has 3 rings (SSSR count). The van der Waals surface area contributed by atoms with Crippen LogP contribution in [0, 0.1) is 0 Å². The lowest BCUT2D eigenvalue weighted by atomic mass is 10.2. The number of primary amides is 1. The first kappa shape index (κ1) is 12.7. The number of rotatable bonds is 4. The van der Waals surface area contributed by atoms with E-state index in [-0.39, 0.29) is 17.2 Å². The molecule has 2 heterocycles. The van der Waals surface area contributed by atoms with Crippen molar-refractivity contribution in [3.63, 3.8) is 0 Å². The Bertz CT molecular complexity index is 705. The molecule has 5 nitrogen and oxygen atoms in total. The number of nitrogens with two attached hydrogens (primary N) is 1. The van der Waals surface area contributed by atoms with Crippen molar-refractivity contribution in [1.29, 1.82) is 0 Å². The van der Waals surface area contributed by atoms with Gasteiger partial charge in [-0.05, 0) is 24.8 Å². The number of hydrogen-bond donors (Lipinski definition) is 2. The largest absolute Gasteiger partial charge is 0.369 e. The Morgan fingerprint density at radius 1 is 1.47 bits per heavy atom. The van der Waals surface area contributed by atoms with Gasteiger partial charge in [-0.3, -0.25) is 9.59 Å². The number of thioether (sulfide) groups is 1. The van der Waals surface area contributed by atoms with Crippen molar-refractivity contribution >= 4 is 39.2 Å². The Kier molecular flexibility index (Phi) is 3.32. The molecule has 1 aliphatic rings. The van der Waals surface area contributed by atoms with Gasteiger partial charge in [0.05, 0.1) is 16.9 Å². The summed E-state index contributed by atoms with van der Waals surface area (Å²) in [5.74, 6) is 0.992. The maximum absolute atomic E-state index is 12.1. The molecular formula is C12H13N3O2S2. The smallest absolute Gasteiger partial charge is 0.259 e. The number of aryl methyl sites for hydroxylation is 2. The van der Waals surface area contributed by atoms with Gasteiger partial charge in [-0.25, -0.2) is 4.98 Å². The quantitative estimate of drug-likeness (QED) is 0.886. The Morgan fingerprint density at radius 2 is 2.32 bits per heavy atom. The summed E-state index contributed by atoms with van der Waals surface area (Å²) in [6.45, 7) is 0. The first-order chi connectivity index (χ1) is 9.15. The van der Waals surface area contributed by atoms with E-state index < -0.39 is 0 Å². The van der Waals surface area contributed by atoms with Crippen LogP contribution in [0.3, 0.4) is 0 Å². The zero-order chi connectivity index (χ0) is 13.4. The number of hydrogen-bond acceptors (Lipinski definition) is 5. The molecule has 0 aromatic carbocycles. The minimum Gasteiger partial charge on any atom is -0.369 e. The molecule has 0 radical (unpaired) electrons. The van der Waals surface area contributed by atoms with Gasteiger partial charge < -0.3 is 10.7 Å². The van der Waals surface area contributed by atoms with Crippen LogP contribution in [-0.4, -0.2) is 21.6 Å². The molecular weight excluding hydrogens is 282 g/mol. The summed E-state index contributed by atoms with van der Waals surface area (Å²) in [5.41, 5.74) is 6.20. The molecule has 0 bridgehead atoms. The number of nitrogens with zero attached hydrogens (tertiary/aromatic N) is 1. The van der Waals surface area contributed by atoms with Gasteiger partial charge in [-0.15, -0.1) is 23.1 Å². The maximum atomic E-state index is 12.1. The average Bonchev–Trinajstić information content (AvgIpc) is 2.87. The average molecular weight is 295 g/mol. The summed E-state index contributed by atoms with van der Waals surface area (Å²) in [5, 5.41) is 0.765. The lowest BCUT2D eigenvalue weighted by Gasteiger charge is -2.00. The van der Waals surface area contributed by atoms with Crippen molar-refractivity contribution in [2.75, 3.05) is 5.75 Å². The molecule has 0 unspecified atom stereocenters. The van der Waals surface area contributed by atoms with Gasteiger partial charge in [0.2, 0.25) is 5.91 Å². The topological polar surface area (TPSA) is 88.8 Å². The predicted molar refractivity (Wildman–Crippen MR) is 77.6 cm³/mol. The number of carbonyl (C=O) groups is 1. The van der Waals surface area contributed by atoms with Crippen LogP contribution in [0.15, 0.2) is 4.79 Å². The summed E-state index contributed by atoms with van der Waals surface area (Å²) in [4.78, 5) is 32.2. The molecule has 0 saturated carbocycles. The summed E-state index contributed by atoms with van der Waals surface area (Å²) in [7, 11) is 0. The fraction of sp³-hybridized carbons (Fsp3) is 0.417. The molecule has 0 spiro atoms. The molecule has 0 fully saturated rings. The SMILES string of the molecule is NC(=O)CSCc1nc2sc3c(c2c(=O)[nH]1)CCC3. The number of nitrogens with one attached hydrogen (secondary N) is 1. The van der Waals surface area contributed by atoms with Gasteiger partial charge in [0.1, 0.15) is 10.7 Å². The molecule has 3 N–H and O–H groups in total. The fourth-order valence-electron chi connectivity index (χ4n) is 2.36. The molecule has 100 valence electrons. The number of fused-ring (bicyclic) bond motifs is 3. The van der Waals surface area contributed by atoms with E-state index in [9.17, 15) is 9.59 Å². The second kappa shape index (κ2) is 4.97. The van der Waals surface area contributed by atoms with E-state index >= 15 is 0 Å². The first-order valence-electron chi connectivity index (χ1n) is 6.04. The van der Waals surface area contributed by atoms with Crippen LogP contribution in [-0.2, 0) is 23.4 Å². The third kappa shape index (κ3) is 2.40. The summed E-state index contributed by atoms with van der Waals surface area (Å²) >= 11 is 2.98. The van der Waals surface area contributed by atoms with Crippen molar-refractivity contribution < 1.29 is 4.79 Å². The van der Waals surface area contributed by atoms with Crippen LogP contribution in [0.25, 0.3) is 10.2 Å². The Morgan fingerprint density at radius 3 is 3.11 bits per heavy atom. The highest BCUT2D eigenvalue weighted by atomic mass is 32.2. The Hall–Kier alpha value is -1.34. The Labute approximate surface area is 117 Å². The normalized spacial score (nSPS) is 13.9. The molecule has 2 aromatic heterocycles. The van der Waals surface area contributed by atoms with Crippen LogP contribution in [0.5, 0.6) is 0 Å². The van der Waals surface area contributed by atoms with E-state index in [0.29, 0.717) is 11.6 Å². The molecule has 1 amide bonds. The predicted octanol–water partition coefficient (Wildman–Crippen LogP) is 1.19. The van der Waals surface area contributed by atoms with E-state index in [1.165, 1.54) is 22.2 Å². The number of thiophene rings is 1. The molecule has 7 heteroatoms. The van der Waals surface area contributed by atoms with Gasteiger partial charge in [0.25, 0.3) is 5.56 Å². The van der Waals surface area contributed by atoms with Crippen LogP contribution in [0.4, 0.5) is 0 Å². The third-order valence-corrected chi connectivity index (χ3v) is 5.26. The molecule has 0 aliphatic heterocycles. The Balaban J connectivity index is 1.92. The monoisotopic (exact) mass is 295 g/mol. The molecule has 0 atom stereocenters. The van der Waals surface area contributed by atoms with Crippen LogP contribution in [0.2, 0.25) is 0 Å². The third-order valence-electron chi connectivity index (χ3n) is 3.11. The lowest BCUT2D eigenvalue weighted by Crippen LogP contribution is -2.14. The molecule has 0 saturated heterocycles. The first-order valence-corrected chi connectivity index (χ1v) is 8.02. The van der Waals surface area contributed by atoms with Crippen molar-refractivity contribution in [3.8, 4) is 0 Å². The van der Waals surface area contributed by atoms with Gasteiger partial charge in [-0.2, -0.15) is 0 Å².